The number of aryl methyl sites for hydroxylation is 1. The van der Waals surface area contributed by atoms with E-state index in [0.29, 0.717) is 24.6 Å². The van der Waals surface area contributed by atoms with Gasteiger partial charge in [0.2, 0.25) is 0 Å². The first kappa shape index (κ1) is 27.7. The van der Waals surface area contributed by atoms with Gasteiger partial charge in [-0.15, -0.1) is 0 Å². The molecule has 0 spiro atoms. The molecule has 36 heavy (non-hydrogen) atoms. The van der Waals surface area contributed by atoms with Gasteiger partial charge >= 0.3 is 12.1 Å². The minimum absolute atomic E-state index is 0.0932. The molecule has 1 amide bonds. The van der Waals surface area contributed by atoms with Crippen LogP contribution >= 0.6 is 0 Å². The summed E-state index contributed by atoms with van der Waals surface area (Å²) in [6, 6.07) is 5.96. The van der Waals surface area contributed by atoms with Crippen LogP contribution in [0, 0.1) is 6.92 Å². The highest BCUT2D eigenvalue weighted by Gasteiger charge is 2.37. The molecule has 2 aromatic rings. The van der Waals surface area contributed by atoms with E-state index >= 15 is 0 Å². The Morgan fingerprint density at radius 2 is 1.97 bits per heavy atom. The molecule has 1 aliphatic heterocycles. The zero-order chi connectivity index (χ0) is 26.6. The molecule has 0 bridgehead atoms. The Hall–Kier alpha value is -2.91. The lowest BCUT2D eigenvalue weighted by molar-refractivity contribution is -0.148. The van der Waals surface area contributed by atoms with Crippen LogP contribution in [0.4, 0.5) is 4.79 Å². The van der Waals surface area contributed by atoms with Crippen LogP contribution in [0.2, 0.25) is 0 Å². The minimum atomic E-state index is -0.623. The molecule has 1 aliphatic rings. The number of carbonyl (C=O) groups is 2. The molecule has 3 rings (SSSR count). The molecular formula is C27H40N4O5. The summed E-state index contributed by atoms with van der Waals surface area (Å²) in [5.74, 6) is -0.0168. The molecule has 9 nitrogen and oxygen atoms in total. The molecule has 0 radical (unpaired) electrons. The van der Waals surface area contributed by atoms with Gasteiger partial charge in [-0.2, -0.15) is 5.10 Å². The molecule has 2 N–H and O–H groups in total. The summed E-state index contributed by atoms with van der Waals surface area (Å²) in [6.07, 6.45) is 0.175. The van der Waals surface area contributed by atoms with Crippen LogP contribution < -0.4 is 5.73 Å². The second-order valence-electron chi connectivity index (χ2n) is 10.4. The van der Waals surface area contributed by atoms with Gasteiger partial charge in [0, 0.05) is 25.1 Å². The summed E-state index contributed by atoms with van der Waals surface area (Å²) in [5, 5.41) is 4.91. The van der Waals surface area contributed by atoms with Crippen LogP contribution in [0.15, 0.2) is 18.2 Å². The Balaban J connectivity index is 2.03. The van der Waals surface area contributed by atoms with Crippen molar-refractivity contribution >= 4 is 12.1 Å². The normalized spacial score (nSPS) is 15.7. The number of amides is 1. The fourth-order valence-electron chi connectivity index (χ4n) is 4.48. The smallest absolute Gasteiger partial charge is 0.410 e. The number of esters is 1. The lowest BCUT2D eigenvalue weighted by Gasteiger charge is -2.36. The van der Waals surface area contributed by atoms with Gasteiger partial charge in [-0.3, -0.25) is 4.90 Å². The number of hydrogen-bond donors (Lipinski definition) is 1. The Bertz CT molecular complexity index is 1090. The maximum absolute atomic E-state index is 13.0. The number of rotatable bonds is 8. The zero-order valence-electron chi connectivity index (χ0n) is 22.6. The summed E-state index contributed by atoms with van der Waals surface area (Å²) in [7, 11) is 0. The number of benzene rings is 1. The molecule has 198 valence electrons. The van der Waals surface area contributed by atoms with Gasteiger partial charge in [0.1, 0.15) is 12.2 Å². The van der Waals surface area contributed by atoms with Crippen molar-refractivity contribution < 1.29 is 23.8 Å². The van der Waals surface area contributed by atoms with Crippen LogP contribution in [0.3, 0.4) is 0 Å². The summed E-state index contributed by atoms with van der Waals surface area (Å²) >= 11 is 0. The topological polar surface area (TPSA) is 109 Å². The van der Waals surface area contributed by atoms with Crippen molar-refractivity contribution in [2.45, 2.75) is 79.1 Å². The van der Waals surface area contributed by atoms with E-state index in [4.69, 9.17) is 25.0 Å². The highest BCUT2D eigenvalue weighted by atomic mass is 16.6. The van der Waals surface area contributed by atoms with Crippen LogP contribution in [-0.2, 0) is 32.0 Å². The molecular weight excluding hydrogens is 460 g/mol. The van der Waals surface area contributed by atoms with Crippen LogP contribution in [0.1, 0.15) is 81.6 Å². The van der Waals surface area contributed by atoms with E-state index in [-0.39, 0.29) is 26.4 Å². The Labute approximate surface area is 213 Å². The molecule has 0 saturated heterocycles. The monoisotopic (exact) mass is 500 g/mol. The van der Waals surface area contributed by atoms with Crippen LogP contribution in [0.5, 0.6) is 0 Å². The van der Waals surface area contributed by atoms with E-state index in [1.165, 1.54) is 5.56 Å². The first-order chi connectivity index (χ1) is 17.0. The number of fused-ring (bicyclic) bond motifs is 1. The van der Waals surface area contributed by atoms with E-state index in [2.05, 4.69) is 39.0 Å². The predicted molar refractivity (Wildman–Crippen MR) is 137 cm³/mol. The van der Waals surface area contributed by atoms with Gasteiger partial charge in [0.15, 0.2) is 0 Å². The van der Waals surface area contributed by atoms with E-state index in [1.54, 1.807) is 11.8 Å². The van der Waals surface area contributed by atoms with Crippen molar-refractivity contribution in [2.24, 2.45) is 5.73 Å². The Morgan fingerprint density at radius 1 is 1.25 bits per heavy atom. The third kappa shape index (κ3) is 6.25. The highest BCUT2D eigenvalue weighted by molar-refractivity contribution is 5.71. The predicted octanol–water partition coefficient (Wildman–Crippen LogP) is 4.18. The van der Waals surface area contributed by atoms with Gasteiger partial charge < -0.3 is 19.9 Å². The fraction of sp³-hybridized carbons (Fsp3) is 0.593. The summed E-state index contributed by atoms with van der Waals surface area (Å²) < 4.78 is 18.2. The number of hydrogen-bond acceptors (Lipinski definition) is 7. The first-order valence-corrected chi connectivity index (χ1v) is 12.6. The standard InChI is InChI=1S/C27H40N4O5/c1-8-35-24(32)16-34-15-20-25-22(11-12-30(23(25)14-28)26(33)36-27(5,6)7)31(29-20)21-10-9-19(17(2)3)13-18(21)4/h9-10,13,17,23H,8,11-12,14-16,28H2,1-7H3. The molecule has 2 heterocycles. The van der Waals surface area contributed by atoms with Crippen molar-refractivity contribution in [1.29, 1.82) is 0 Å². The molecule has 9 heteroatoms. The van der Waals surface area contributed by atoms with Crippen LogP contribution in [0.25, 0.3) is 5.69 Å². The average molecular weight is 501 g/mol. The Morgan fingerprint density at radius 3 is 2.56 bits per heavy atom. The third-order valence-corrected chi connectivity index (χ3v) is 6.13. The van der Waals surface area contributed by atoms with Crippen molar-refractivity contribution in [3.05, 3.63) is 46.3 Å². The zero-order valence-corrected chi connectivity index (χ0v) is 22.6. The second kappa shape index (κ2) is 11.4. The van der Waals surface area contributed by atoms with E-state index in [0.717, 1.165) is 22.5 Å². The molecule has 1 atom stereocenters. The molecule has 1 aromatic carbocycles. The number of nitrogens with zero attached hydrogens (tertiary/aromatic N) is 3. The molecule has 0 fully saturated rings. The number of ether oxygens (including phenoxy) is 3. The molecule has 1 unspecified atom stereocenters. The SMILES string of the molecule is CCOC(=O)COCc1nn(-c2ccc(C(C)C)cc2C)c2c1C(CN)N(C(=O)OC(C)(C)C)CC2. The van der Waals surface area contributed by atoms with E-state index in [9.17, 15) is 9.59 Å². The van der Waals surface area contributed by atoms with Gasteiger partial charge in [-0.1, -0.05) is 26.0 Å². The third-order valence-electron chi connectivity index (χ3n) is 6.13. The largest absolute Gasteiger partial charge is 0.464 e. The molecule has 0 saturated carbocycles. The maximum atomic E-state index is 13.0. The molecule has 0 aliphatic carbocycles. The van der Waals surface area contributed by atoms with E-state index < -0.39 is 23.7 Å². The van der Waals surface area contributed by atoms with Gasteiger partial charge in [-0.25, -0.2) is 14.3 Å². The summed E-state index contributed by atoms with van der Waals surface area (Å²) in [5.41, 5.74) is 11.4. The van der Waals surface area contributed by atoms with E-state index in [1.807, 2.05) is 25.5 Å². The average Bonchev–Trinajstić information content (AvgIpc) is 3.15. The number of nitrogens with two attached hydrogens (primary N) is 1. The Kier molecular flexibility index (Phi) is 8.79. The number of carbonyl (C=O) groups excluding carboxylic acids is 2. The summed E-state index contributed by atoms with van der Waals surface area (Å²) in [6.45, 7) is 14.5. The second-order valence-corrected chi connectivity index (χ2v) is 10.4. The van der Waals surface area contributed by atoms with Gasteiger partial charge in [0.05, 0.1) is 36.3 Å². The van der Waals surface area contributed by atoms with Crippen molar-refractivity contribution in [1.82, 2.24) is 14.7 Å². The summed E-state index contributed by atoms with van der Waals surface area (Å²) in [4.78, 5) is 26.5. The lowest BCUT2D eigenvalue weighted by atomic mass is 9.96. The number of aromatic nitrogens is 2. The van der Waals surface area contributed by atoms with Crippen LogP contribution in [-0.4, -0.2) is 58.6 Å². The lowest BCUT2D eigenvalue weighted by Crippen LogP contribution is -2.45. The fourth-order valence-corrected chi connectivity index (χ4v) is 4.48. The minimum Gasteiger partial charge on any atom is -0.464 e. The van der Waals surface area contributed by atoms with Gasteiger partial charge in [-0.05, 0) is 57.7 Å². The molecule has 1 aromatic heterocycles. The van der Waals surface area contributed by atoms with Gasteiger partial charge in [0.25, 0.3) is 0 Å². The first-order valence-electron chi connectivity index (χ1n) is 12.6. The quantitative estimate of drug-likeness (QED) is 0.542. The van der Waals surface area contributed by atoms with Crippen molar-refractivity contribution in [3.63, 3.8) is 0 Å². The van der Waals surface area contributed by atoms with Crippen molar-refractivity contribution in [3.8, 4) is 5.69 Å². The maximum Gasteiger partial charge on any atom is 0.410 e. The highest BCUT2D eigenvalue weighted by Crippen LogP contribution is 2.35. The van der Waals surface area contributed by atoms with Crippen molar-refractivity contribution in [2.75, 3.05) is 26.3 Å².